The SMILES string of the molecule is COc1ccc(CCNC(=NCc2nnc(C)n2C)N2CCC3(CCOC3)C2)cc1.I. The van der Waals surface area contributed by atoms with Crippen LogP contribution in [-0.2, 0) is 24.8 Å². The van der Waals surface area contributed by atoms with Gasteiger partial charge in [0.1, 0.15) is 18.1 Å². The van der Waals surface area contributed by atoms with Crippen molar-refractivity contribution in [3.8, 4) is 5.75 Å². The molecule has 2 aliphatic heterocycles. The number of guanidine groups is 1. The maximum atomic E-state index is 5.70. The van der Waals surface area contributed by atoms with E-state index in [1.165, 1.54) is 5.56 Å². The summed E-state index contributed by atoms with van der Waals surface area (Å²) in [6.45, 7) is 7.05. The predicted octanol–water partition coefficient (Wildman–Crippen LogP) is 2.55. The number of aryl methyl sites for hydroxylation is 1. The van der Waals surface area contributed by atoms with Crippen LogP contribution in [0.2, 0.25) is 0 Å². The van der Waals surface area contributed by atoms with Gasteiger partial charge in [0.2, 0.25) is 0 Å². The Morgan fingerprint density at radius 2 is 2.06 bits per heavy atom. The summed E-state index contributed by atoms with van der Waals surface area (Å²) >= 11 is 0. The highest BCUT2D eigenvalue weighted by Gasteiger charge is 2.42. The molecule has 2 fully saturated rings. The van der Waals surface area contributed by atoms with Crippen LogP contribution >= 0.6 is 24.0 Å². The summed E-state index contributed by atoms with van der Waals surface area (Å²) in [6.07, 6.45) is 3.23. The largest absolute Gasteiger partial charge is 0.497 e. The van der Waals surface area contributed by atoms with E-state index < -0.39 is 0 Å². The zero-order chi connectivity index (χ0) is 21.0. The van der Waals surface area contributed by atoms with Crippen LogP contribution in [0.4, 0.5) is 0 Å². The lowest BCUT2D eigenvalue weighted by atomic mass is 9.87. The molecule has 0 aliphatic carbocycles. The summed E-state index contributed by atoms with van der Waals surface area (Å²) in [5.41, 5.74) is 1.56. The standard InChI is InChI=1S/C22H32N6O2.HI/c1-17-25-26-20(27(17)2)14-24-21(28-12-9-22(15-28)10-13-30-16-22)23-11-8-18-4-6-19(29-3)7-5-18;/h4-7H,8-16H2,1-3H3,(H,23,24);1H. The molecule has 0 amide bonds. The molecule has 1 atom stereocenters. The molecule has 1 N–H and O–H groups in total. The van der Waals surface area contributed by atoms with Crippen molar-refractivity contribution in [1.29, 1.82) is 0 Å². The summed E-state index contributed by atoms with van der Waals surface area (Å²) in [4.78, 5) is 7.29. The smallest absolute Gasteiger partial charge is 0.194 e. The lowest BCUT2D eigenvalue weighted by Crippen LogP contribution is -2.42. The van der Waals surface area contributed by atoms with Crippen LogP contribution in [0.15, 0.2) is 29.3 Å². The van der Waals surface area contributed by atoms with Gasteiger partial charge in [-0.1, -0.05) is 12.1 Å². The molecule has 1 spiro atoms. The van der Waals surface area contributed by atoms with Gasteiger partial charge in [0.25, 0.3) is 0 Å². The molecule has 2 aromatic rings. The fourth-order valence-electron chi connectivity index (χ4n) is 4.20. The third kappa shape index (κ3) is 5.68. The van der Waals surface area contributed by atoms with Crippen molar-refractivity contribution < 1.29 is 9.47 Å². The van der Waals surface area contributed by atoms with Crippen LogP contribution in [0.25, 0.3) is 0 Å². The number of ether oxygens (including phenoxy) is 2. The zero-order valence-corrected chi connectivity index (χ0v) is 21.0. The van der Waals surface area contributed by atoms with E-state index >= 15 is 0 Å². The lowest BCUT2D eigenvalue weighted by molar-refractivity contribution is 0.156. The van der Waals surface area contributed by atoms with Crippen molar-refractivity contribution in [2.45, 2.75) is 32.7 Å². The Balaban J connectivity index is 0.00000272. The van der Waals surface area contributed by atoms with Gasteiger partial charge < -0.3 is 24.3 Å². The van der Waals surface area contributed by atoms with Crippen LogP contribution < -0.4 is 10.1 Å². The van der Waals surface area contributed by atoms with Gasteiger partial charge in [-0.2, -0.15) is 0 Å². The number of benzene rings is 1. The Bertz CT molecular complexity index is 877. The summed E-state index contributed by atoms with van der Waals surface area (Å²) in [6, 6.07) is 8.23. The summed E-state index contributed by atoms with van der Waals surface area (Å²) in [7, 11) is 3.67. The summed E-state index contributed by atoms with van der Waals surface area (Å²) in [5.74, 6) is 3.61. The number of nitrogens with one attached hydrogen (secondary N) is 1. The van der Waals surface area contributed by atoms with Crippen molar-refractivity contribution in [2.24, 2.45) is 17.5 Å². The maximum absolute atomic E-state index is 5.70. The van der Waals surface area contributed by atoms with Crippen LogP contribution in [0.1, 0.15) is 30.1 Å². The first kappa shape index (κ1) is 23.8. The van der Waals surface area contributed by atoms with Crippen LogP contribution in [0.5, 0.6) is 5.75 Å². The van der Waals surface area contributed by atoms with Crippen LogP contribution in [-0.4, -0.2) is 65.6 Å². The minimum absolute atomic E-state index is 0. The highest BCUT2D eigenvalue weighted by Crippen LogP contribution is 2.38. The van der Waals surface area contributed by atoms with Gasteiger partial charge in [0.05, 0.1) is 13.7 Å². The van der Waals surface area contributed by atoms with E-state index in [2.05, 4.69) is 32.5 Å². The molecule has 31 heavy (non-hydrogen) atoms. The number of nitrogens with zero attached hydrogens (tertiary/aromatic N) is 5. The zero-order valence-electron chi connectivity index (χ0n) is 18.6. The molecule has 3 heterocycles. The van der Waals surface area contributed by atoms with E-state index in [9.17, 15) is 0 Å². The third-order valence-corrected chi connectivity index (χ3v) is 6.33. The lowest BCUT2D eigenvalue weighted by Gasteiger charge is -2.25. The number of methoxy groups -OCH3 is 1. The number of rotatable bonds is 6. The normalized spacial score (nSPS) is 20.9. The molecule has 1 unspecified atom stereocenters. The number of aliphatic imine (C=N–C) groups is 1. The number of likely N-dealkylation sites (tertiary alicyclic amines) is 1. The second kappa shape index (κ2) is 10.6. The number of aromatic nitrogens is 3. The van der Waals surface area contributed by atoms with E-state index in [1.54, 1.807) is 7.11 Å². The molecule has 0 saturated carbocycles. The Morgan fingerprint density at radius 1 is 1.26 bits per heavy atom. The highest BCUT2D eigenvalue weighted by atomic mass is 127. The van der Waals surface area contributed by atoms with Crippen molar-refractivity contribution in [3.05, 3.63) is 41.5 Å². The molecule has 9 heteroatoms. The van der Waals surface area contributed by atoms with Gasteiger partial charge in [-0.3, -0.25) is 0 Å². The van der Waals surface area contributed by atoms with E-state index in [0.717, 1.165) is 75.5 Å². The average Bonchev–Trinajstić information content (AvgIpc) is 3.49. The molecule has 2 saturated heterocycles. The van der Waals surface area contributed by atoms with E-state index in [1.807, 2.05) is 30.7 Å². The van der Waals surface area contributed by atoms with Crippen molar-refractivity contribution in [1.82, 2.24) is 25.0 Å². The second-order valence-electron chi connectivity index (χ2n) is 8.36. The molecule has 1 aromatic heterocycles. The number of hydrogen-bond acceptors (Lipinski definition) is 5. The first-order chi connectivity index (χ1) is 14.6. The van der Waals surface area contributed by atoms with E-state index in [0.29, 0.717) is 12.0 Å². The number of halogens is 1. The fourth-order valence-corrected chi connectivity index (χ4v) is 4.20. The van der Waals surface area contributed by atoms with E-state index in [4.69, 9.17) is 14.5 Å². The van der Waals surface area contributed by atoms with Gasteiger partial charge in [0, 0.05) is 38.7 Å². The van der Waals surface area contributed by atoms with E-state index in [-0.39, 0.29) is 24.0 Å². The molecular formula is C22H33IN6O2. The van der Waals surface area contributed by atoms with Crippen LogP contribution in [0, 0.1) is 12.3 Å². The summed E-state index contributed by atoms with van der Waals surface area (Å²) in [5, 5.41) is 12.0. The molecule has 4 rings (SSSR count). The van der Waals surface area contributed by atoms with Gasteiger partial charge in [-0.15, -0.1) is 34.2 Å². The van der Waals surface area contributed by atoms with Gasteiger partial charge in [0.15, 0.2) is 11.8 Å². The minimum atomic E-state index is 0. The Labute approximate surface area is 201 Å². The quantitative estimate of drug-likeness (QED) is 0.345. The Kier molecular flexibility index (Phi) is 8.15. The molecule has 0 radical (unpaired) electrons. The molecule has 2 aliphatic rings. The predicted molar refractivity (Wildman–Crippen MR) is 131 cm³/mol. The highest BCUT2D eigenvalue weighted by molar-refractivity contribution is 14.0. The minimum Gasteiger partial charge on any atom is -0.497 e. The Hall–Kier alpha value is -1.88. The van der Waals surface area contributed by atoms with Crippen molar-refractivity contribution in [3.63, 3.8) is 0 Å². The molecule has 170 valence electrons. The average molecular weight is 540 g/mol. The number of hydrogen-bond donors (Lipinski definition) is 1. The molecule has 8 nitrogen and oxygen atoms in total. The first-order valence-corrected chi connectivity index (χ1v) is 10.7. The second-order valence-corrected chi connectivity index (χ2v) is 8.36. The van der Waals surface area contributed by atoms with Crippen molar-refractivity contribution in [2.75, 3.05) is 40.0 Å². The maximum Gasteiger partial charge on any atom is 0.194 e. The monoisotopic (exact) mass is 540 g/mol. The van der Waals surface area contributed by atoms with Crippen LogP contribution in [0.3, 0.4) is 0 Å². The summed E-state index contributed by atoms with van der Waals surface area (Å²) < 4.78 is 12.9. The first-order valence-electron chi connectivity index (χ1n) is 10.7. The molecule has 1 aromatic carbocycles. The van der Waals surface area contributed by atoms with Crippen molar-refractivity contribution >= 4 is 29.9 Å². The molecular weight excluding hydrogens is 507 g/mol. The van der Waals surface area contributed by atoms with Gasteiger partial charge >= 0.3 is 0 Å². The fraction of sp³-hybridized carbons (Fsp3) is 0.591. The Morgan fingerprint density at radius 3 is 2.71 bits per heavy atom. The topological polar surface area (TPSA) is 76.8 Å². The third-order valence-electron chi connectivity index (χ3n) is 6.33. The van der Waals surface area contributed by atoms with Gasteiger partial charge in [-0.25, -0.2) is 4.99 Å². The van der Waals surface area contributed by atoms with Gasteiger partial charge in [-0.05, 0) is 43.9 Å². The molecule has 0 bridgehead atoms.